The van der Waals surface area contributed by atoms with Crippen molar-refractivity contribution in [2.45, 2.75) is 32.7 Å². The molecule has 0 bridgehead atoms. The Hall–Kier alpha value is -1.69. The fourth-order valence-electron chi connectivity index (χ4n) is 2.75. The molecule has 0 radical (unpaired) electrons. The third kappa shape index (κ3) is 1.92. The summed E-state index contributed by atoms with van der Waals surface area (Å²) in [5.74, 6) is 0.954. The molecular formula is C15H20N2O. The number of anilines is 1. The second-order valence-corrected chi connectivity index (χ2v) is 5.45. The summed E-state index contributed by atoms with van der Waals surface area (Å²) in [6.45, 7) is 7.25. The lowest BCUT2D eigenvalue weighted by atomic mass is 9.89. The summed E-state index contributed by atoms with van der Waals surface area (Å²) >= 11 is 0. The zero-order valence-corrected chi connectivity index (χ0v) is 11.5. The van der Waals surface area contributed by atoms with Gasteiger partial charge in [0.05, 0.1) is 30.3 Å². The second-order valence-electron chi connectivity index (χ2n) is 5.45. The van der Waals surface area contributed by atoms with Crippen molar-refractivity contribution in [3.05, 3.63) is 23.8 Å². The van der Waals surface area contributed by atoms with Crippen molar-refractivity contribution in [2.24, 2.45) is 5.92 Å². The molecule has 1 fully saturated rings. The van der Waals surface area contributed by atoms with Crippen molar-refractivity contribution in [1.82, 2.24) is 0 Å². The van der Waals surface area contributed by atoms with Gasteiger partial charge in [0, 0.05) is 6.54 Å². The van der Waals surface area contributed by atoms with Gasteiger partial charge in [-0.2, -0.15) is 5.26 Å². The zero-order valence-electron chi connectivity index (χ0n) is 11.5. The average molecular weight is 244 g/mol. The molecule has 0 spiro atoms. The summed E-state index contributed by atoms with van der Waals surface area (Å²) in [5.41, 5.74) is 2.16. The largest absolute Gasteiger partial charge is 0.495 e. The molecule has 0 amide bonds. The number of nitrogens with zero attached hydrogens (tertiary/aromatic N) is 2. The van der Waals surface area contributed by atoms with Gasteiger partial charge in [0.15, 0.2) is 0 Å². The molecule has 1 saturated heterocycles. The summed E-state index contributed by atoms with van der Waals surface area (Å²) in [6.07, 6.45) is 0.917. The molecule has 3 heteroatoms. The van der Waals surface area contributed by atoms with E-state index in [2.05, 4.69) is 37.8 Å². The Morgan fingerprint density at radius 3 is 2.72 bits per heavy atom. The van der Waals surface area contributed by atoms with E-state index in [1.54, 1.807) is 7.11 Å². The predicted octanol–water partition coefficient (Wildman–Crippen LogP) is 3.13. The molecule has 1 heterocycles. The molecule has 3 nitrogen and oxygen atoms in total. The first-order valence-electron chi connectivity index (χ1n) is 6.32. The third-order valence-corrected chi connectivity index (χ3v) is 3.97. The Morgan fingerprint density at radius 2 is 2.17 bits per heavy atom. The van der Waals surface area contributed by atoms with Crippen LogP contribution in [0.5, 0.6) is 5.75 Å². The molecule has 0 aromatic heterocycles. The van der Waals surface area contributed by atoms with Crippen LogP contribution in [0.25, 0.3) is 0 Å². The molecule has 96 valence electrons. The summed E-state index contributed by atoms with van der Waals surface area (Å²) in [7, 11) is 1.69. The van der Waals surface area contributed by atoms with Gasteiger partial charge in [0.25, 0.3) is 0 Å². The number of rotatable bonds is 2. The van der Waals surface area contributed by atoms with Crippen molar-refractivity contribution < 1.29 is 4.74 Å². The molecule has 1 aromatic carbocycles. The normalized spacial score (nSPS) is 21.7. The van der Waals surface area contributed by atoms with Crippen LogP contribution in [0, 0.1) is 24.2 Å². The van der Waals surface area contributed by atoms with Gasteiger partial charge in [0.1, 0.15) is 5.75 Å². The number of nitriles is 1. The molecule has 18 heavy (non-hydrogen) atoms. The first kappa shape index (κ1) is 12.8. The van der Waals surface area contributed by atoms with Crippen molar-refractivity contribution >= 4 is 5.69 Å². The van der Waals surface area contributed by atoms with Crippen LogP contribution in [0.1, 0.15) is 25.8 Å². The van der Waals surface area contributed by atoms with Gasteiger partial charge in [0.2, 0.25) is 0 Å². The molecule has 1 atom stereocenters. The van der Waals surface area contributed by atoms with Crippen molar-refractivity contribution in [3.63, 3.8) is 0 Å². The number of hydrogen-bond acceptors (Lipinski definition) is 3. The topological polar surface area (TPSA) is 36.3 Å². The smallest absolute Gasteiger partial charge is 0.142 e. The first-order valence-corrected chi connectivity index (χ1v) is 6.32. The van der Waals surface area contributed by atoms with E-state index in [0.717, 1.165) is 24.4 Å². The Balaban J connectivity index is 2.44. The molecule has 0 aliphatic carbocycles. The van der Waals surface area contributed by atoms with E-state index in [4.69, 9.17) is 4.74 Å². The van der Waals surface area contributed by atoms with Crippen LogP contribution in [0.4, 0.5) is 5.69 Å². The Labute approximate surface area is 109 Å². The standard InChI is InChI=1S/C15H20N2O/c1-11-5-6-14(18-4)13(9-11)17-8-7-12(10-16)15(17,2)3/h5-6,9,12H,7-8H2,1-4H3. The van der Waals surface area contributed by atoms with E-state index in [-0.39, 0.29) is 11.5 Å². The van der Waals surface area contributed by atoms with Crippen molar-refractivity contribution in [3.8, 4) is 11.8 Å². The highest BCUT2D eigenvalue weighted by Crippen LogP contribution is 2.42. The number of aryl methyl sites for hydroxylation is 1. The van der Waals surface area contributed by atoms with Gasteiger partial charge in [-0.3, -0.25) is 0 Å². The number of methoxy groups -OCH3 is 1. The van der Waals surface area contributed by atoms with Crippen molar-refractivity contribution in [2.75, 3.05) is 18.6 Å². The number of benzene rings is 1. The van der Waals surface area contributed by atoms with Gasteiger partial charge < -0.3 is 9.64 Å². The molecule has 2 rings (SSSR count). The Kier molecular flexibility index (Phi) is 3.21. The van der Waals surface area contributed by atoms with Crippen LogP contribution in [0.3, 0.4) is 0 Å². The minimum absolute atomic E-state index is 0.0720. The Morgan fingerprint density at radius 1 is 1.44 bits per heavy atom. The van der Waals surface area contributed by atoms with Gasteiger partial charge in [-0.25, -0.2) is 0 Å². The first-order chi connectivity index (χ1) is 8.50. The highest BCUT2D eigenvalue weighted by atomic mass is 16.5. The van der Waals surface area contributed by atoms with E-state index in [9.17, 15) is 5.26 Å². The van der Waals surface area contributed by atoms with Gasteiger partial charge >= 0.3 is 0 Å². The van der Waals surface area contributed by atoms with E-state index in [1.165, 1.54) is 5.56 Å². The number of ether oxygens (including phenoxy) is 1. The monoisotopic (exact) mass is 244 g/mol. The fourth-order valence-corrected chi connectivity index (χ4v) is 2.75. The zero-order chi connectivity index (χ0) is 13.3. The minimum Gasteiger partial charge on any atom is -0.495 e. The fraction of sp³-hybridized carbons (Fsp3) is 0.533. The van der Waals surface area contributed by atoms with Gasteiger partial charge in [-0.15, -0.1) is 0 Å². The van der Waals surface area contributed by atoms with Crippen LogP contribution >= 0.6 is 0 Å². The number of hydrogen-bond donors (Lipinski definition) is 0. The lowest BCUT2D eigenvalue weighted by molar-refractivity contribution is 0.402. The maximum atomic E-state index is 9.24. The maximum absolute atomic E-state index is 9.24. The lowest BCUT2D eigenvalue weighted by Gasteiger charge is -2.36. The van der Waals surface area contributed by atoms with E-state index >= 15 is 0 Å². The molecule has 1 aliphatic rings. The van der Waals surface area contributed by atoms with Crippen LogP contribution in [0.15, 0.2) is 18.2 Å². The molecule has 1 aliphatic heterocycles. The van der Waals surface area contributed by atoms with Crippen molar-refractivity contribution in [1.29, 1.82) is 5.26 Å². The second kappa shape index (κ2) is 4.53. The van der Waals surface area contributed by atoms with E-state index in [0.29, 0.717) is 0 Å². The SMILES string of the molecule is COc1ccc(C)cc1N1CCC(C#N)C1(C)C. The lowest BCUT2D eigenvalue weighted by Crippen LogP contribution is -2.42. The van der Waals surface area contributed by atoms with Crippen LogP contribution in [-0.2, 0) is 0 Å². The predicted molar refractivity (Wildman–Crippen MR) is 72.9 cm³/mol. The highest BCUT2D eigenvalue weighted by Gasteiger charge is 2.42. The van der Waals surface area contributed by atoms with Crippen LogP contribution in [0.2, 0.25) is 0 Å². The van der Waals surface area contributed by atoms with E-state index < -0.39 is 0 Å². The van der Waals surface area contributed by atoms with E-state index in [1.807, 2.05) is 12.1 Å². The van der Waals surface area contributed by atoms with Crippen LogP contribution < -0.4 is 9.64 Å². The summed E-state index contributed by atoms with van der Waals surface area (Å²) in [5, 5.41) is 9.24. The minimum atomic E-state index is -0.143. The highest BCUT2D eigenvalue weighted by molar-refractivity contribution is 5.62. The summed E-state index contributed by atoms with van der Waals surface area (Å²) in [6, 6.07) is 8.61. The maximum Gasteiger partial charge on any atom is 0.142 e. The summed E-state index contributed by atoms with van der Waals surface area (Å²) in [4.78, 5) is 2.30. The van der Waals surface area contributed by atoms with Crippen LogP contribution in [-0.4, -0.2) is 19.2 Å². The average Bonchev–Trinajstić information content (AvgIpc) is 2.63. The Bertz CT molecular complexity index is 488. The molecular weight excluding hydrogens is 224 g/mol. The third-order valence-electron chi connectivity index (χ3n) is 3.97. The molecule has 0 N–H and O–H groups in total. The molecule has 0 saturated carbocycles. The molecule has 1 aromatic rings. The van der Waals surface area contributed by atoms with Gasteiger partial charge in [-0.05, 0) is 44.9 Å². The summed E-state index contributed by atoms with van der Waals surface area (Å²) < 4.78 is 5.45. The molecule has 1 unspecified atom stereocenters. The van der Waals surface area contributed by atoms with Gasteiger partial charge in [-0.1, -0.05) is 6.07 Å². The quantitative estimate of drug-likeness (QED) is 0.802.